The quantitative estimate of drug-likeness (QED) is 0.613. The summed E-state index contributed by atoms with van der Waals surface area (Å²) >= 11 is 0. The Morgan fingerprint density at radius 1 is 1.18 bits per heavy atom. The van der Waals surface area contributed by atoms with Gasteiger partial charge in [0.05, 0.1) is 19.8 Å². The fourth-order valence-electron chi connectivity index (χ4n) is 2.18. The summed E-state index contributed by atoms with van der Waals surface area (Å²) in [5.41, 5.74) is 0. The molecule has 2 aliphatic heterocycles. The van der Waals surface area contributed by atoms with Gasteiger partial charge in [0.1, 0.15) is 6.33 Å². The molecular formula is C10H15N5O2. The number of morpholine rings is 1. The standard InChI is InChI=1S/C10H15N5O2/c16-10(13-3-5-17-6-4-13)14-1-2-15-8-11-12-9(15)7-14/h8H,1-7H2. The summed E-state index contributed by atoms with van der Waals surface area (Å²) in [4.78, 5) is 15.9. The molecule has 0 bridgehead atoms. The fourth-order valence-corrected chi connectivity index (χ4v) is 2.18. The average molecular weight is 237 g/mol. The monoisotopic (exact) mass is 237 g/mol. The lowest BCUT2D eigenvalue weighted by Crippen LogP contribution is -2.50. The van der Waals surface area contributed by atoms with Crippen LogP contribution >= 0.6 is 0 Å². The van der Waals surface area contributed by atoms with Crippen LogP contribution in [0.1, 0.15) is 5.82 Å². The predicted octanol–water partition coefficient (Wildman–Crippen LogP) is -0.454. The van der Waals surface area contributed by atoms with Crippen LogP contribution in [0.5, 0.6) is 0 Å². The van der Waals surface area contributed by atoms with E-state index in [2.05, 4.69) is 10.2 Å². The van der Waals surface area contributed by atoms with Crippen LogP contribution in [0.2, 0.25) is 0 Å². The van der Waals surface area contributed by atoms with E-state index in [1.54, 1.807) is 6.33 Å². The summed E-state index contributed by atoms with van der Waals surface area (Å²) in [5, 5.41) is 7.86. The van der Waals surface area contributed by atoms with E-state index in [0.717, 1.165) is 18.9 Å². The molecule has 92 valence electrons. The van der Waals surface area contributed by atoms with Gasteiger partial charge in [-0.05, 0) is 0 Å². The second kappa shape index (κ2) is 4.33. The van der Waals surface area contributed by atoms with Crippen molar-refractivity contribution in [3.63, 3.8) is 0 Å². The summed E-state index contributed by atoms with van der Waals surface area (Å²) in [5.74, 6) is 0.859. The van der Waals surface area contributed by atoms with Crippen molar-refractivity contribution in [2.24, 2.45) is 0 Å². The van der Waals surface area contributed by atoms with E-state index in [1.165, 1.54) is 0 Å². The first-order chi connectivity index (χ1) is 8.34. The van der Waals surface area contributed by atoms with E-state index in [0.29, 0.717) is 32.8 Å². The zero-order valence-corrected chi connectivity index (χ0v) is 9.58. The highest BCUT2D eigenvalue weighted by molar-refractivity contribution is 5.74. The molecule has 0 N–H and O–H groups in total. The van der Waals surface area contributed by atoms with Gasteiger partial charge in [0.25, 0.3) is 0 Å². The van der Waals surface area contributed by atoms with Gasteiger partial charge in [0.15, 0.2) is 5.82 Å². The van der Waals surface area contributed by atoms with Gasteiger partial charge in [-0.15, -0.1) is 10.2 Å². The summed E-state index contributed by atoms with van der Waals surface area (Å²) in [6.45, 7) is 4.69. The number of fused-ring (bicyclic) bond motifs is 1. The molecule has 1 aromatic heterocycles. The smallest absolute Gasteiger partial charge is 0.320 e. The van der Waals surface area contributed by atoms with Gasteiger partial charge in [-0.25, -0.2) is 4.79 Å². The largest absolute Gasteiger partial charge is 0.378 e. The molecule has 0 radical (unpaired) electrons. The van der Waals surface area contributed by atoms with Crippen molar-refractivity contribution in [3.05, 3.63) is 12.2 Å². The van der Waals surface area contributed by atoms with Crippen molar-refractivity contribution in [3.8, 4) is 0 Å². The zero-order valence-electron chi connectivity index (χ0n) is 9.58. The average Bonchev–Trinajstić information content (AvgIpc) is 2.86. The molecule has 1 aromatic rings. The molecule has 1 saturated heterocycles. The van der Waals surface area contributed by atoms with E-state index >= 15 is 0 Å². The number of rotatable bonds is 0. The highest BCUT2D eigenvalue weighted by Gasteiger charge is 2.26. The Bertz CT molecular complexity index is 413. The topological polar surface area (TPSA) is 63.5 Å². The summed E-state index contributed by atoms with van der Waals surface area (Å²) in [7, 11) is 0. The number of ether oxygens (including phenoxy) is 1. The van der Waals surface area contributed by atoms with Crippen molar-refractivity contribution >= 4 is 6.03 Å². The molecular weight excluding hydrogens is 222 g/mol. The van der Waals surface area contributed by atoms with Gasteiger partial charge < -0.3 is 19.1 Å². The third-order valence-electron chi connectivity index (χ3n) is 3.19. The zero-order chi connectivity index (χ0) is 11.7. The Hall–Kier alpha value is -1.63. The van der Waals surface area contributed by atoms with Crippen LogP contribution < -0.4 is 0 Å². The van der Waals surface area contributed by atoms with Gasteiger partial charge in [-0.1, -0.05) is 0 Å². The lowest BCUT2D eigenvalue weighted by molar-refractivity contribution is 0.0408. The van der Waals surface area contributed by atoms with E-state index in [4.69, 9.17) is 4.74 Å². The number of hydrogen-bond acceptors (Lipinski definition) is 4. The van der Waals surface area contributed by atoms with Crippen molar-refractivity contribution in [1.29, 1.82) is 0 Å². The Balaban J connectivity index is 1.67. The van der Waals surface area contributed by atoms with Gasteiger partial charge in [0, 0.05) is 26.2 Å². The van der Waals surface area contributed by atoms with Crippen molar-refractivity contribution in [2.45, 2.75) is 13.1 Å². The third kappa shape index (κ3) is 1.97. The van der Waals surface area contributed by atoms with E-state index in [9.17, 15) is 4.79 Å². The van der Waals surface area contributed by atoms with E-state index < -0.39 is 0 Å². The van der Waals surface area contributed by atoms with Crippen LogP contribution in [0.25, 0.3) is 0 Å². The number of carbonyl (C=O) groups is 1. The second-order valence-corrected chi connectivity index (χ2v) is 4.24. The molecule has 7 heteroatoms. The molecule has 0 aliphatic carbocycles. The Kier molecular flexibility index (Phi) is 2.68. The minimum atomic E-state index is 0.0857. The molecule has 2 aliphatic rings. The van der Waals surface area contributed by atoms with Crippen molar-refractivity contribution < 1.29 is 9.53 Å². The van der Waals surface area contributed by atoms with Crippen LogP contribution in [0.4, 0.5) is 4.79 Å². The first-order valence-electron chi connectivity index (χ1n) is 5.83. The van der Waals surface area contributed by atoms with Crippen LogP contribution in [-0.2, 0) is 17.8 Å². The Morgan fingerprint density at radius 2 is 2.00 bits per heavy atom. The molecule has 0 aromatic carbocycles. The molecule has 3 heterocycles. The Morgan fingerprint density at radius 3 is 2.82 bits per heavy atom. The molecule has 0 atom stereocenters. The summed E-state index contributed by atoms with van der Waals surface area (Å²) in [6.07, 6.45) is 1.71. The lowest BCUT2D eigenvalue weighted by Gasteiger charge is -2.34. The van der Waals surface area contributed by atoms with Gasteiger partial charge in [0.2, 0.25) is 0 Å². The molecule has 0 unspecified atom stereocenters. The number of amides is 2. The number of carbonyl (C=O) groups excluding carboxylic acids is 1. The van der Waals surface area contributed by atoms with E-state index in [-0.39, 0.29) is 6.03 Å². The maximum Gasteiger partial charge on any atom is 0.320 e. The summed E-state index contributed by atoms with van der Waals surface area (Å²) < 4.78 is 7.23. The molecule has 17 heavy (non-hydrogen) atoms. The number of hydrogen-bond donors (Lipinski definition) is 0. The first kappa shape index (κ1) is 10.5. The fraction of sp³-hybridized carbons (Fsp3) is 0.700. The lowest BCUT2D eigenvalue weighted by atomic mass is 10.3. The number of aromatic nitrogens is 3. The second-order valence-electron chi connectivity index (χ2n) is 4.24. The van der Waals surface area contributed by atoms with Crippen LogP contribution in [0.3, 0.4) is 0 Å². The SMILES string of the molecule is O=C(N1CCOCC1)N1CCn2cnnc2C1. The summed E-state index contributed by atoms with van der Waals surface area (Å²) in [6, 6.07) is 0.0857. The highest BCUT2D eigenvalue weighted by Crippen LogP contribution is 2.12. The van der Waals surface area contributed by atoms with E-state index in [1.807, 2.05) is 14.4 Å². The molecule has 0 saturated carbocycles. The maximum atomic E-state index is 12.2. The van der Waals surface area contributed by atoms with Gasteiger partial charge in [-0.3, -0.25) is 0 Å². The molecule has 1 fully saturated rings. The highest BCUT2D eigenvalue weighted by atomic mass is 16.5. The van der Waals surface area contributed by atoms with Crippen molar-refractivity contribution in [1.82, 2.24) is 24.6 Å². The maximum absolute atomic E-state index is 12.2. The third-order valence-corrected chi connectivity index (χ3v) is 3.19. The Labute approximate surface area is 99.0 Å². The normalized spacial score (nSPS) is 20.2. The molecule has 3 rings (SSSR count). The van der Waals surface area contributed by atoms with Gasteiger partial charge in [-0.2, -0.15) is 0 Å². The molecule has 2 amide bonds. The predicted molar refractivity (Wildman–Crippen MR) is 58.2 cm³/mol. The minimum absolute atomic E-state index is 0.0857. The number of urea groups is 1. The first-order valence-corrected chi connectivity index (χ1v) is 5.83. The van der Waals surface area contributed by atoms with Crippen LogP contribution in [-0.4, -0.2) is 63.4 Å². The van der Waals surface area contributed by atoms with Crippen molar-refractivity contribution in [2.75, 3.05) is 32.8 Å². The van der Waals surface area contributed by atoms with Gasteiger partial charge >= 0.3 is 6.03 Å². The molecule has 0 spiro atoms. The van der Waals surface area contributed by atoms with Crippen LogP contribution in [0.15, 0.2) is 6.33 Å². The number of nitrogens with zero attached hydrogens (tertiary/aromatic N) is 5. The van der Waals surface area contributed by atoms with Crippen LogP contribution in [0, 0.1) is 0 Å². The minimum Gasteiger partial charge on any atom is -0.378 e. The molecule has 7 nitrogen and oxygen atoms in total.